The summed E-state index contributed by atoms with van der Waals surface area (Å²) in [6.07, 6.45) is 2.46. The van der Waals surface area contributed by atoms with Gasteiger partial charge in [0.2, 0.25) is 10.0 Å². The van der Waals surface area contributed by atoms with Crippen molar-refractivity contribution < 1.29 is 13.2 Å². The van der Waals surface area contributed by atoms with Crippen LogP contribution in [0.3, 0.4) is 0 Å². The molecule has 1 fully saturated rings. The van der Waals surface area contributed by atoms with Crippen molar-refractivity contribution in [1.82, 2.24) is 9.21 Å². The van der Waals surface area contributed by atoms with E-state index in [9.17, 15) is 13.2 Å². The molecule has 0 radical (unpaired) electrons. The summed E-state index contributed by atoms with van der Waals surface area (Å²) in [5, 5.41) is 3.36. The van der Waals surface area contributed by atoms with E-state index in [1.807, 2.05) is 0 Å². The van der Waals surface area contributed by atoms with Crippen molar-refractivity contribution in [2.45, 2.75) is 18.9 Å². The summed E-state index contributed by atoms with van der Waals surface area (Å²) in [5.74, 6) is 0. The molecule has 0 bridgehead atoms. The molecule has 1 aliphatic rings. The van der Waals surface area contributed by atoms with E-state index in [2.05, 4.69) is 5.32 Å². The fourth-order valence-electron chi connectivity index (χ4n) is 2.47. The van der Waals surface area contributed by atoms with Gasteiger partial charge in [-0.05, 0) is 31.0 Å². The van der Waals surface area contributed by atoms with Gasteiger partial charge in [0.05, 0.1) is 6.26 Å². The van der Waals surface area contributed by atoms with Crippen LogP contribution >= 0.6 is 11.6 Å². The van der Waals surface area contributed by atoms with Gasteiger partial charge in [-0.25, -0.2) is 17.5 Å². The second kappa shape index (κ2) is 6.85. The van der Waals surface area contributed by atoms with E-state index in [-0.39, 0.29) is 12.1 Å². The highest BCUT2D eigenvalue weighted by atomic mass is 35.5. The van der Waals surface area contributed by atoms with Gasteiger partial charge in [-0.15, -0.1) is 0 Å². The van der Waals surface area contributed by atoms with Crippen molar-refractivity contribution in [2.75, 3.05) is 31.7 Å². The van der Waals surface area contributed by atoms with E-state index in [4.69, 9.17) is 11.6 Å². The molecule has 8 heteroatoms. The second-order valence-electron chi connectivity index (χ2n) is 5.44. The molecule has 1 aromatic carbocycles. The number of piperidine rings is 1. The van der Waals surface area contributed by atoms with Crippen molar-refractivity contribution in [1.29, 1.82) is 0 Å². The molecular formula is C14H20ClN3O3S. The molecule has 0 unspecified atom stereocenters. The number of likely N-dealkylation sites (tertiary alicyclic amines) is 1. The molecule has 1 heterocycles. The molecule has 2 amide bonds. The first-order chi connectivity index (χ1) is 10.3. The minimum atomic E-state index is -3.19. The number of anilines is 1. The zero-order chi connectivity index (χ0) is 16.3. The maximum absolute atomic E-state index is 12.2. The number of sulfonamides is 1. The molecule has 1 N–H and O–H groups in total. The summed E-state index contributed by atoms with van der Waals surface area (Å²) >= 11 is 5.88. The predicted molar refractivity (Wildman–Crippen MR) is 87.7 cm³/mol. The molecule has 1 saturated heterocycles. The Balaban J connectivity index is 1.90. The number of carbonyl (C=O) groups excluding carboxylic acids is 1. The number of hydrogen-bond acceptors (Lipinski definition) is 3. The third kappa shape index (κ3) is 4.34. The van der Waals surface area contributed by atoms with E-state index >= 15 is 0 Å². The van der Waals surface area contributed by atoms with Crippen LogP contribution in [-0.2, 0) is 10.0 Å². The number of nitrogens with zero attached hydrogens (tertiary/aromatic N) is 2. The third-order valence-electron chi connectivity index (χ3n) is 3.86. The SMILES string of the molecule is CN(C1CCN(C(=O)Nc2cccc(Cl)c2)CC1)S(C)(=O)=O. The summed E-state index contributed by atoms with van der Waals surface area (Å²) in [4.78, 5) is 13.9. The van der Waals surface area contributed by atoms with Gasteiger partial charge in [-0.2, -0.15) is 0 Å². The lowest BCUT2D eigenvalue weighted by molar-refractivity contribution is 0.175. The highest BCUT2D eigenvalue weighted by molar-refractivity contribution is 7.88. The summed E-state index contributed by atoms with van der Waals surface area (Å²) in [6, 6.07) is 6.72. The Labute approximate surface area is 136 Å². The number of amides is 2. The van der Waals surface area contributed by atoms with Crippen LogP contribution in [0.5, 0.6) is 0 Å². The van der Waals surface area contributed by atoms with E-state index in [0.29, 0.717) is 36.6 Å². The Bertz CT molecular complexity index is 642. The quantitative estimate of drug-likeness (QED) is 0.913. The Morgan fingerprint density at radius 3 is 2.55 bits per heavy atom. The van der Waals surface area contributed by atoms with Gasteiger partial charge in [-0.3, -0.25) is 0 Å². The Kier molecular flexibility index (Phi) is 5.31. The standard InChI is InChI=1S/C14H20ClN3O3S/c1-17(22(2,20)21)13-6-8-18(9-7-13)14(19)16-12-5-3-4-11(15)10-12/h3-5,10,13H,6-9H2,1-2H3,(H,16,19). The lowest BCUT2D eigenvalue weighted by Crippen LogP contribution is -2.48. The van der Waals surface area contributed by atoms with Gasteiger partial charge in [0.15, 0.2) is 0 Å². The van der Waals surface area contributed by atoms with E-state index in [1.54, 1.807) is 36.2 Å². The summed E-state index contributed by atoms with van der Waals surface area (Å²) < 4.78 is 24.5. The topological polar surface area (TPSA) is 69.7 Å². The minimum absolute atomic E-state index is 0.0507. The van der Waals surface area contributed by atoms with Crippen LogP contribution < -0.4 is 5.32 Å². The molecule has 0 atom stereocenters. The normalized spacial score (nSPS) is 16.8. The molecule has 122 valence electrons. The van der Waals surface area contributed by atoms with Crippen LogP contribution in [0.15, 0.2) is 24.3 Å². The van der Waals surface area contributed by atoms with Crippen LogP contribution in [0.1, 0.15) is 12.8 Å². The largest absolute Gasteiger partial charge is 0.324 e. The minimum Gasteiger partial charge on any atom is -0.324 e. The van der Waals surface area contributed by atoms with Crippen molar-refractivity contribution in [3.63, 3.8) is 0 Å². The molecular weight excluding hydrogens is 326 g/mol. The van der Waals surface area contributed by atoms with Crippen molar-refractivity contribution in [3.8, 4) is 0 Å². The number of benzene rings is 1. The fraction of sp³-hybridized carbons (Fsp3) is 0.500. The zero-order valence-electron chi connectivity index (χ0n) is 12.6. The number of nitrogens with one attached hydrogen (secondary N) is 1. The van der Waals surface area contributed by atoms with Crippen LogP contribution in [0.2, 0.25) is 5.02 Å². The Morgan fingerprint density at radius 2 is 2.00 bits per heavy atom. The van der Waals surface area contributed by atoms with Gasteiger partial charge in [0.1, 0.15) is 0 Å². The van der Waals surface area contributed by atoms with Gasteiger partial charge >= 0.3 is 6.03 Å². The van der Waals surface area contributed by atoms with Crippen molar-refractivity contribution in [3.05, 3.63) is 29.3 Å². The average molecular weight is 346 g/mol. The molecule has 0 spiro atoms. The van der Waals surface area contributed by atoms with Gasteiger partial charge in [-0.1, -0.05) is 17.7 Å². The summed E-state index contributed by atoms with van der Waals surface area (Å²) in [6.45, 7) is 1.05. The van der Waals surface area contributed by atoms with Crippen LogP contribution in [-0.4, -0.2) is 56.1 Å². The Hall–Kier alpha value is -1.31. The van der Waals surface area contributed by atoms with Gasteiger partial charge in [0.25, 0.3) is 0 Å². The summed E-state index contributed by atoms with van der Waals surface area (Å²) in [7, 11) is -1.61. The van der Waals surface area contributed by atoms with Crippen LogP contribution in [0.25, 0.3) is 0 Å². The first kappa shape index (κ1) is 17.1. The molecule has 1 aliphatic heterocycles. The number of hydrogen-bond donors (Lipinski definition) is 1. The highest BCUT2D eigenvalue weighted by Crippen LogP contribution is 2.19. The molecule has 1 aromatic rings. The molecule has 6 nitrogen and oxygen atoms in total. The molecule has 0 aromatic heterocycles. The Morgan fingerprint density at radius 1 is 1.36 bits per heavy atom. The first-order valence-electron chi connectivity index (χ1n) is 7.02. The van der Waals surface area contributed by atoms with Crippen LogP contribution in [0, 0.1) is 0 Å². The fourth-order valence-corrected chi connectivity index (χ4v) is 3.41. The molecule has 22 heavy (non-hydrogen) atoms. The van der Waals surface area contributed by atoms with Crippen LogP contribution in [0.4, 0.5) is 10.5 Å². The third-order valence-corrected chi connectivity index (χ3v) is 5.44. The number of carbonyl (C=O) groups is 1. The molecule has 0 saturated carbocycles. The highest BCUT2D eigenvalue weighted by Gasteiger charge is 2.28. The molecule has 2 rings (SSSR count). The van der Waals surface area contributed by atoms with Gasteiger partial charge < -0.3 is 10.2 Å². The maximum atomic E-state index is 12.2. The smallest absolute Gasteiger partial charge is 0.321 e. The predicted octanol–water partition coefficient (Wildman–Crippen LogP) is 2.23. The summed E-state index contributed by atoms with van der Waals surface area (Å²) in [5.41, 5.74) is 0.646. The number of halogens is 1. The monoisotopic (exact) mass is 345 g/mol. The lowest BCUT2D eigenvalue weighted by Gasteiger charge is -2.35. The number of urea groups is 1. The van der Waals surface area contributed by atoms with Gasteiger partial charge in [0, 0.05) is 36.9 Å². The number of rotatable bonds is 3. The lowest BCUT2D eigenvalue weighted by atomic mass is 10.1. The first-order valence-corrected chi connectivity index (χ1v) is 9.24. The maximum Gasteiger partial charge on any atom is 0.321 e. The average Bonchev–Trinajstić information content (AvgIpc) is 2.45. The van der Waals surface area contributed by atoms with E-state index < -0.39 is 10.0 Å². The zero-order valence-corrected chi connectivity index (χ0v) is 14.2. The second-order valence-corrected chi connectivity index (χ2v) is 7.92. The van der Waals surface area contributed by atoms with E-state index in [0.717, 1.165) is 0 Å². The van der Waals surface area contributed by atoms with Crippen molar-refractivity contribution >= 4 is 33.3 Å². The molecule has 0 aliphatic carbocycles. The van der Waals surface area contributed by atoms with E-state index in [1.165, 1.54) is 10.6 Å². The van der Waals surface area contributed by atoms with Crippen molar-refractivity contribution in [2.24, 2.45) is 0 Å².